The lowest BCUT2D eigenvalue weighted by Gasteiger charge is -2.35. The third-order valence-electron chi connectivity index (χ3n) is 3.97. The van der Waals surface area contributed by atoms with E-state index in [-0.39, 0.29) is 0 Å². The molecule has 1 nitrogen and oxygen atoms in total. The molecule has 0 bridgehead atoms. The lowest BCUT2D eigenvalue weighted by Crippen LogP contribution is -2.40. The summed E-state index contributed by atoms with van der Waals surface area (Å²) < 4.78 is 0. The Labute approximate surface area is 103 Å². The predicted octanol–water partition coefficient (Wildman–Crippen LogP) is 4.22. The number of rotatable bonds is 3. The molecule has 0 amide bonds. The molecule has 1 heterocycles. The smallest absolute Gasteiger partial charge is 0.0302 e. The molecule has 1 aromatic heterocycles. The van der Waals surface area contributed by atoms with E-state index < -0.39 is 0 Å². The van der Waals surface area contributed by atoms with E-state index in [0.717, 1.165) is 11.8 Å². The topological polar surface area (TPSA) is 12.0 Å². The third kappa shape index (κ3) is 2.86. The van der Waals surface area contributed by atoms with Crippen LogP contribution in [-0.4, -0.2) is 6.04 Å². The van der Waals surface area contributed by atoms with Crippen molar-refractivity contribution in [1.29, 1.82) is 0 Å². The van der Waals surface area contributed by atoms with E-state index in [1.54, 1.807) is 11.3 Å². The molecule has 0 aliphatic heterocycles. The van der Waals surface area contributed by atoms with Crippen LogP contribution in [0.15, 0.2) is 16.8 Å². The zero-order valence-electron chi connectivity index (χ0n) is 10.6. The molecule has 4 atom stereocenters. The Morgan fingerprint density at radius 2 is 2.19 bits per heavy atom. The van der Waals surface area contributed by atoms with Gasteiger partial charge in [0.25, 0.3) is 0 Å². The zero-order chi connectivity index (χ0) is 11.5. The predicted molar refractivity (Wildman–Crippen MR) is 71.8 cm³/mol. The minimum absolute atomic E-state index is 0.504. The first kappa shape index (κ1) is 12.1. The zero-order valence-corrected chi connectivity index (χ0v) is 11.4. The molecular formula is C14H23NS. The summed E-state index contributed by atoms with van der Waals surface area (Å²) in [4.78, 5) is 0. The van der Waals surface area contributed by atoms with Gasteiger partial charge in [-0.15, -0.1) is 0 Å². The van der Waals surface area contributed by atoms with Crippen molar-refractivity contribution in [3.63, 3.8) is 0 Å². The molecule has 1 aliphatic rings. The summed E-state index contributed by atoms with van der Waals surface area (Å²) in [5.41, 5.74) is 1.44. The molecule has 2 heteroatoms. The molecule has 1 aliphatic carbocycles. The summed E-state index contributed by atoms with van der Waals surface area (Å²) in [6.45, 7) is 7.06. The highest BCUT2D eigenvalue weighted by atomic mass is 32.1. The molecule has 1 fully saturated rings. The van der Waals surface area contributed by atoms with E-state index in [4.69, 9.17) is 0 Å². The Kier molecular flexibility index (Phi) is 4.04. The van der Waals surface area contributed by atoms with Gasteiger partial charge in [0, 0.05) is 12.1 Å². The molecule has 1 aromatic rings. The first-order valence-corrected chi connectivity index (χ1v) is 7.39. The fourth-order valence-corrected chi connectivity index (χ4v) is 3.46. The lowest BCUT2D eigenvalue weighted by molar-refractivity contribution is 0.216. The maximum absolute atomic E-state index is 3.81. The van der Waals surface area contributed by atoms with Gasteiger partial charge in [-0.05, 0) is 54.0 Å². The first-order chi connectivity index (χ1) is 7.66. The molecule has 4 unspecified atom stereocenters. The van der Waals surface area contributed by atoms with Crippen molar-refractivity contribution in [2.75, 3.05) is 0 Å². The van der Waals surface area contributed by atoms with Crippen LogP contribution in [0.3, 0.4) is 0 Å². The van der Waals surface area contributed by atoms with Gasteiger partial charge in [0.05, 0.1) is 0 Å². The normalized spacial score (nSPS) is 32.6. The third-order valence-corrected chi connectivity index (χ3v) is 4.67. The first-order valence-electron chi connectivity index (χ1n) is 6.45. The van der Waals surface area contributed by atoms with E-state index in [0.29, 0.717) is 12.1 Å². The lowest BCUT2D eigenvalue weighted by atomic mass is 9.79. The van der Waals surface area contributed by atoms with Crippen LogP contribution in [-0.2, 0) is 0 Å². The summed E-state index contributed by atoms with van der Waals surface area (Å²) in [6.07, 6.45) is 4.14. The Morgan fingerprint density at radius 1 is 1.38 bits per heavy atom. The highest BCUT2D eigenvalue weighted by Crippen LogP contribution is 2.30. The summed E-state index contributed by atoms with van der Waals surface area (Å²) >= 11 is 1.79. The van der Waals surface area contributed by atoms with Crippen molar-refractivity contribution in [3.05, 3.63) is 22.4 Å². The maximum atomic E-state index is 3.81. The fourth-order valence-electron chi connectivity index (χ4n) is 2.70. The number of thiophene rings is 1. The van der Waals surface area contributed by atoms with Crippen LogP contribution in [0.5, 0.6) is 0 Å². The molecular weight excluding hydrogens is 214 g/mol. The van der Waals surface area contributed by atoms with Crippen molar-refractivity contribution < 1.29 is 0 Å². The average molecular weight is 237 g/mol. The molecule has 0 saturated heterocycles. The van der Waals surface area contributed by atoms with E-state index in [2.05, 4.69) is 42.9 Å². The van der Waals surface area contributed by atoms with Crippen LogP contribution in [0.25, 0.3) is 0 Å². The van der Waals surface area contributed by atoms with Gasteiger partial charge in [-0.2, -0.15) is 11.3 Å². The van der Waals surface area contributed by atoms with Crippen molar-refractivity contribution in [3.8, 4) is 0 Å². The van der Waals surface area contributed by atoms with Crippen LogP contribution in [0.4, 0.5) is 0 Å². The second kappa shape index (κ2) is 5.33. The SMILES string of the molecule is CC1CCC(C)C(NC(C)c2ccsc2)C1. The molecule has 1 saturated carbocycles. The Hall–Kier alpha value is -0.340. The second-order valence-electron chi connectivity index (χ2n) is 5.45. The van der Waals surface area contributed by atoms with Gasteiger partial charge in [-0.1, -0.05) is 20.3 Å². The number of hydrogen-bond acceptors (Lipinski definition) is 2. The van der Waals surface area contributed by atoms with Crippen LogP contribution >= 0.6 is 11.3 Å². The van der Waals surface area contributed by atoms with Gasteiger partial charge in [-0.3, -0.25) is 0 Å². The fraction of sp³-hybridized carbons (Fsp3) is 0.714. The number of nitrogens with one attached hydrogen (secondary N) is 1. The average Bonchev–Trinajstić information content (AvgIpc) is 2.76. The minimum atomic E-state index is 0.504. The highest BCUT2D eigenvalue weighted by molar-refractivity contribution is 7.07. The minimum Gasteiger partial charge on any atom is -0.307 e. The monoisotopic (exact) mass is 237 g/mol. The Morgan fingerprint density at radius 3 is 2.88 bits per heavy atom. The molecule has 90 valence electrons. The molecule has 16 heavy (non-hydrogen) atoms. The van der Waals surface area contributed by atoms with E-state index in [1.165, 1.54) is 24.8 Å². The van der Waals surface area contributed by atoms with Crippen molar-refractivity contribution in [1.82, 2.24) is 5.32 Å². The largest absolute Gasteiger partial charge is 0.307 e. The summed E-state index contributed by atoms with van der Waals surface area (Å²) in [6, 6.07) is 3.45. The Bertz CT molecular complexity index is 307. The van der Waals surface area contributed by atoms with Gasteiger partial charge in [0.15, 0.2) is 0 Å². The van der Waals surface area contributed by atoms with E-state index in [9.17, 15) is 0 Å². The van der Waals surface area contributed by atoms with Crippen LogP contribution in [0, 0.1) is 11.8 Å². The van der Waals surface area contributed by atoms with Crippen molar-refractivity contribution in [2.24, 2.45) is 11.8 Å². The van der Waals surface area contributed by atoms with Gasteiger partial charge < -0.3 is 5.32 Å². The number of hydrogen-bond donors (Lipinski definition) is 1. The van der Waals surface area contributed by atoms with Gasteiger partial charge in [0.2, 0.25) is 0 Å². The summed E-state index contributed by atoms with van der Waals surface area (Å²) in [5, 5.41) is 8.23. The van der Waals surface area contributed by atoms with Crippen molar-refractivity contribution >= 4 is 11.3 Å². The van der Waals surface area contributed by atoms with Crippen LogP contribution in [0.2, 0.25) is 0 Å². The Balaban J connectivity index is 1.93. The van der Waals surface area contributed by atoms with Gasteiger partial charge in [-0.25, -0.2) is 0 Å². The molecule has 0 aromatic carbocycles. The van der Waals surface area contributed by atoms with Crippen LogP contribution in [0.1, 0.15) is 51.6 Å². The van der Waals surface area contributed by atoms with Gasteiger partial charge >= 0.3 is 0 Å². The molecule has 0 radical (unpaired) electrons. The molecule has 1 N–H and O–H groups in total. The standard InChI is InChI=1S/C14H23NS/c1-10-4-5-11(2)14(8-10)15-12(3)13-6-7-16-9-13/h6-7,9-12,14-15H,4-5,8H2,1-3H3. The van der Waals surface area contributed by atoms with Gasteiger partial charge in [0.1, 0.15) is 0 Å². The van der Waals surface area contributed by atoms with Crippen LogP contribution < -0.4 is 5.32 Å². The quantitative estimate of drug-likeness (QED) is 0.830. The van der Waals surface area contributed by atoms with E-state index >= 15 is 0 Å². The highest BCUT2D eigenvalue weighted by Gasteiger charge is 2.26. The summed E-state index contributed by atoms with van der Waals surface area (Å²) in [5.74, 6) is 1.72. The second-order valence-corrected chi connectivity index (χ2v) is 6.23. The molecule has 2 rings (SSSR count). The maximum Gasteiger partial charge on any atom is 0.0302 e. The molecule has 0 spiro atoms. The van der Waals surface area contributed by atoms with Crippen molar-refractivity contribution in [2.45, 2.75) is 52.1 Å². The summed E-state index contributed by atoms with van der Waals surface area (Å²) in [7, 11) is 0. The van der Waals surface area contributed by atoms with E-state index in [1.807, 2.05) is 0 Å².